The van der Waals surface area contributed by atoms with Gasteiger partial charge in [0.05, 0.1) is 25.7 Å². The van der Waals surface area contributed by atoms with Crippen LogP contribution >= 0.6 is 7.82 Å². The topological polar surface area (TPSA) is 272 Å². The second kappa shape index (κ2) is 10.3. The van der Waals surface area contributed by atoms with Crippen LogP contribution in [0, 0.1) is 0 Å². The second-order valence-corrected chi connectivity index (χ2v) is 10.3. The fraction of sp³-hybridized carbons (Fsp3) is 0.667. The molecule has 3 unspecified atom stereocenters. The number of guanidine groups is 1. The molecule has 5 rings (SSSR count). The number of aliphatic hydroxyl groups is 2. The summed E-state index contributed by atoms with van der Waals surface area (Å²) in [4.78, 5) is 51.4. The summed E-state index contributed by atoms with van der Waals surface area (Å²) in [5, 5.41) is 22.5. The Labute approximate surface area is 213 Å². The second-order valence-electron chi connectivity index (χ2n) is 8.87. The van der Waals surface area contributed by atoms with Gasteiger partial charge < -0.3 is 40.9 Å². The number of phosphoric acid groups is 1. The first kappa shape index (κ1) is 26.6. The molecule has 0 radical (unpaired) electrons. The Balaban J connectivity index is 1.17. The maximum Gasteiger partial charge on any atom is 0.472 e. The molecule has 5 heterocycles. The van der Waals surface area contributed by atoms with Gasteiger partial charge >= 0.3 is 13.5 Å². The third-order valence-electron chi connectivity index (χ3n) is 6.36. The van der Waals surface area contributed by atoms with Crippen LogP contribution in [0.1, 0.15) is 19.1 Å². The predicted octanol–water partition coefficient (Wildman–Crippen LogP) is -4.04. The molecule has 2 saturated heterocycles. The van der Waals surface area contributed by atoms with Crippen LogP contribution in [0.4, 0.5) is 5.95 Å². The first-order valence-electron chi connectivity index (χ1n) is 11.5. The monoisotopic (exact) mass is 559 g/mol. The van der Waals surface area contributed by atoms with E-state index >= 15 is 0 Å². The summed E-state index contributed by atoms with van der Waals surface area (Å²) < 4.78 is 35.3. The molecular weight excluding hydrogens is 533 g/mol. The summed E-state index contributed by atoms with van der Waals surface area (Å²) in [5.74, 6) is -0.733. The minimum Gasteiger partial charge on any atom is -0.394 e. The van der Waals surface area contributed by atoms with Crippen LogP contribution in [0.3, 0.4) is 0 Å². The number of aliphatic imine (C=N–C) groups is 2. The molecule has 1 aromatic rings. The van der Waals surface area contributed by atoms with Crippen molar-refractivity contribution in [3.05, 3.63) is 16.8 Å². The van der Waals surface area contributed by atoms with Crippen molar-refractivity contribution in [2.45, 2.75) is 61.9 Å². The van der Waals surface area contributed by atoms with Crippen LogP contribution in [0.25, 0.3) is 0 Å². The summed E-state index contributed by atoms with van der Waals surface area (Å²) >= 11 is 0. The van der Waals surface area contributed by atoms with E-state index in [1.807, 2.05) is 0 Å². The van der Waals surface area contributed by atoms with Gasteiger partial charge in [-0.1, -0.05) is 0 Å². The summed E-state index contributed by atoms with van der Waals surface area (Å²) in [6.07, 6.45) is -4.38. The molecule has 19 nitrogen and oxygen atoms in total. The number of fused-ring (bicyclic) bond motifs is 1. The molecule has 0 aromatic carbocycles. The van der Waals surface area contributed by atoms with Crippen molar-refractivity contribution < 1.29 is 43.0 Å². The zero-order valence-corrected chi connectivity index (χ0v) is 20.5. The van der Waals surface area contributed by atoms with Crippen molar-refractivity contribution in [2.24, 2.45) is 15.7 Å². The molecule has 0 saturated carbocycles. The lowest BCUT2D eigenvalue weighted by molar-refractivity contribution is -0.123. The number of aliphatic hydroxyl groups excluding tert-OH is 2. The van der Waals surface area contributed by atoms with Crippen LogP contribution in [-0.2, 0) is 27.9 Å². The molecule has 1 amide bonds. The number of rotatable bonds is 8. The SMILES string of the molecule is NC1=NC2C(N=CN2[C@H]2C[C@@H](O)[C@@H](COP(=O)(O)O[C@@H]3C[C@H](n4cnc(N)nc4=O)O[C@@H]3CO)O2)C(=O)N1. The summed E-state index contributed by atoms with van der Waals surface area (Å²) in [6, 6.07) is -0.822. The van der Waals surface area contributed by atoms with E-state index < -0.39 is 81.7 Å². The number of nitrogen functional groups attached to an aromatic ring is 1. The quantitative estimate of drug-likeness (QED) is 0.165. The van der Waals surface area contributed by atoms with Crippen LogP contribution < -0.4 is 22.5 Å². The van der Waals surface area contributed by atoms with Crippen molar-refractivity contribution in [2.75, 3.05) is 18.9 Å². The van der Waals surface area contributed by atoms with Gasteiger partial charge in [-0.15, -0.1) is 0 Å². The number of nitrogens with one attached hydrogen (secondary N) is 1. The van der Waals surface area contributed by atoms with Gasteiger partial charge in [0.1, 0.15) is 37.1 Å². The number of amides is 1. The number of carbonyl (C=O) groups excluding carboxylic acids is 1. The lowest BCUT2D eigenvalue weighted by Gasteiger charge is -2.31. The number of nitrogens with zero attached hydrogens (tertiary/aromatic N) is 6. The van der Waals surface area contributed by atoms with E-state index in [-0.39, 0.29) is 24.7 Å². The fourth-order valence-corrected chi connectivity index (χ4v) is 5.49. The minimum absolute atomic E-state index is 0.0695. The van der Waals surface area contributed by atoms with Crippen molar-refractivity contribution >= 4 is 32.0 Å². The van der Waals surface area contributed by atoms with Crippen molar-refractivity contribution in [1.29, 1.82) is 0 Å². The average molecular weight is 559 g/mol. The van der Waals surface area contributed by atoms with Crippen LogP contribution in [0.15, 0.2) is 21.1 Å². The number of anilines is 1. The molecule has 4 aliphatic rings. The number of nitrogens with two attached hydrogens (primary N) is 2. The molecule has 8 N–H and O–H groups in total. The van der Waals surface area contributed by atoms with E-state index in [1.165, 1.54) is 11.2 Å². The first-order chi connectivity index (χ1) is 18.0. The van der Waals surface area contributed by atoms with Crippen molar-refractivity contribution in [3.8, 4) is 0 Å². The van der Waals surface area contributed by atoms with E-state index in [4.69, 9.17) is 30.0 Å². The highest BCUT2D eigenvalue weighted by Crippen LogP contribution is 2.48. The Kier molecular flexibility index (Phi) is 7.18. The highest BCUT2D eigenvalue weighted by Gasteiger charge is 2.47. The molecule has 4 aliphatic heterocycles. The first-order valence-corrected chi connectivity index (χ1v) is 13.0. The maximum absolute atomic E-state index is 12.7. The van der Waals surface area contributed by atoms with Gasteiger partial charge in [-0.05, 0) is 0 Å². The standard InChI is InChI=1S/C18H26N9O10P/c19-16-22-6-27(18(31)25-16)12-2-8(9(3-28)35-12)37-38(32,33)34-4-10-7(29)1-11(36-10)26-5-21-13-14(26)23-17(20)24-15(13)30/h5-14,28-29H,1-4H2,(H,32,33)(H2,19,25,31)(H3,20,23,24,30)/t7-,8-,9-,10-,11-,12-,13?,14?/m1/s1. The molecule has 208 valence electrons. The van der Waals surface area contributed by atoms with Gasteiger partial charge in [-0.3, -0.25) is 28.7 Å². The number of phosphoric ester groups is 1. The number of aromatic nitrogens is 3. The van der Waals surface area contributed by atoms with Crippen LogP contribution in [-0.4, -0.2) is 109 Å². The van der Waals surface area contributed by atoms with E-state index in [2.05, 4.69) is 25.3 Å². The zero-order chi connectivity index (χ0) is 27.2. The molecule has 0 aliphatic carbocycles. The highest BCUT2D eigenvalue weighted by atomic mass is 31.2. The normalized spacial score (nSPS) is 36.1. The lowest BCUT2D eigenvalue weighted by atomic mass is 10.1. The molecule has 38 heavy (non-hydrogen) atoms. The van der Waals surface area contributed by atoms with Gasteiger partial charge in [-0.25, -0.2) is 19.3 Å². The number of carbonyl (C=O) groups is 1. The molecular formula is C18H26N9O10P. The number of ether oxygens (including phenoxy) is 2. The Hall–Kier alpha value is -3.03. The van der Waals surface area contributed by atoms with Crippen molar-refractivity contribution in [1.82, 2.24) is 24.8 Å². The minimum atomic E-state index is -4.75. The van der Waals surface area contributed by atoms with Gasteiger partial charge in [0.25, 0.3) is 5.91 Å². The predicted molar refractivity (Wildman–Crippen MR) is 124 cm³/mol. The Morgan fingerprint density at radius 3 is 2.71 bits per heavy atom. The third-order valence-corrected chi connectivity index (χ3v) is 7.38. The van der Waals surface area contributed by atoms with E-state index in [9.17, 15) is 29.3 Å². The molecule has 0 bridgehead atoms. The van der Waals surface area contributed by atoms with Gasteiger partial charge in [0, 0.05) is 12.8 Å². The highest BCUT2D eigenvalue weighted by molar-refractivity contribution is 7.47. The average Bonchev–Trinajstić information content (AvgIpc) is 3.54. The van der Waals surface area contributed by atoms with Gasteiger partial charge in [0.2, 0.25) is 5.95 Å². The van der Waals surface area contributed by atoms with E-state index in [1.54, 1.807) is 0 Å². The zero-order valence-electron chi connectivity index (χ0n) is 19.6. The summed E-state index contributed by atoms with van der Waals surface area (Å²) in [6.45, 7) is -1.11. The smallest absolute Gasteiger partial charge is 0.394 e. The molecule has 20 heteroatoms. The van der Waals surface area contributed by atoms with E-state index in [0.717, 1.165) is 10.9 Å². The summed E-state index contributed by atoms with van der Waals surface area (Å²) in [7, 11) is -4.75. The molecule has 1 aromatic heterocycles. The number of hydrogen-bond donors (Lipinski definition) is 6. The van der Waals surface area contributed by atoms with Gasteiger partial charge in [-0.2, -0.15) is 4.98 Å². The number of hydrogen-bond acceptors (Lipinski definition) is 16. The Morgan fingerprint density at radius 1 is 1.21 bits per heavy atom. The Bertz CT molecular complexity index is 1250. The molecule has 2 fully saturated rings. The Morgan fingerprint density at radius 2 is 1.97 bits per heavy atom. The molecule has 0 spiro atoms. The van der Waals surface area contributed by atoms with Gasteiger partial charge in [0.15, 0.2) is 18.2 Å². The van der Waals surface area contributed by atoms with Crippen molar-refractivity contribution in [3.63, 3.8) is 0 Å². The fourth-order valence-electron chi connectivity index (χ4n) is 4.53. The third kappa shape index (κ3) is 5.27. The largest absolute Gasteiger partial charge is 0.472 e. The molecule has 9 atom stereocenters. The lowest BCUT2D eigenvalue weighted by Crippen LogP contribution is -2.55. The van der Waals surface area contributed by atoms with E-state index in [0.29, 0.717) is 0 Å². The summed E-state index contributed by atoms with van der Waals surface area (Å²) in [5.41, 5.74) is 10.2. The maximum atomic E-state index is 12.7. The van der Waals surface area contributed by atoms with Crippen LogP contribution in [0.2, 0.25) is 0 Å². The van der Waals surface area contributed by atoms with Crippen LogP contribution in [0.5, 0.6) is 0 Å².